The van der Waals surface area contributed by atoms with Crippen LogP contribution in [0, 0.1) is 0 Å². The number of hydrogen-bond donors (Lipinski definition) is 1. The summed E-state index contributed by atoms with van der Waals surface area (Å²) in [4.78, 5) is 6.87. The third kappa shape index (κ3) is 5.15. The molecule has 0 aliphatic rings. The predicted octanol–water partition coefficient (Wildman–Crippen LogP) is 2.64. The van der Waals surface area contributed by atoms with Crippen LogP contribution < -0.4 is 0 Å². The monoisotopic (exact) mass is 256 g/mol. The van der Waals surface area contributed by atoms with Gasteiger partial charge in [0.1, 0.15) is 5.01 Å². The van der Waals surface area contributed by atoms with Crippen molar-refractivity contribution in [1.29, 1.82) is 0 Å². The van der Waals surface area contributed by atoms with Crippen LogP contribution in [-0.2, 0) is 12.0 Å². The number of hydrogen-bond acceptors (Lipinski definition) is 4. The van der Waals surface area contributed by atoms with Gasteiger partial charge in [-0.05, 0) is 20.4 Å². The van der Waals surface area contributed by atoms with Gasteiger partial charge in [-0.2, -0.15) is 0 Å². The van der Waals surface area contributed by atoms with Gasteiger partial charge in [-0.15, -0.1) is 11.3 Å². The van der Waals surface area contributed by atoms with Gasteiger partial charge in [-0.3, -0.25) is 4.90 Å². The average Bonchev–Trinajstić information content (AvgIpc) is 2.62. The molecule has 1 rings (SSSR count). The Bertz CT molecular complexity index is 341. The number of nitrogens with zero attached hydrogens (tertiary/aromatic N) is 2. The molecule has 1 atom stereocenters. The van der Waals surface area contributed by atoms with E-state index in [1.807, 2.05) is 6.92 Å². The van der Waals surface area contributed by atoms with Gasteiger partial charge < -0.3 is 5.11 Å². The fourth-order valence-electron chi connectivity index (χ4n) is 1.45. The highest BCUT2D eigenvalue weighted by Gasteiger charge is 2.17. The van der Waals surface area contributed by atoms with Crippen molar-refractivity contribution in [1.82, 2.24) is 9.88 Å². The first kappa shape index (κ1) is 14.6. The first-order chi connectivity index (χ1) is 7.79. The molecule has 1 heterocycles. The number of aromatic nitrogens is 1. The Morgan fingerprint density at radius 1 is 1.47 bits per heavy atom. The van der Waals surface area contributed by atoms with Gasteiger partial charge in [0, 0.05) is 17.3 Å². The highest BCUT2D eigenvalue weighted by Crippen LogP contribution is 2.24. The Balaban J connectivity index is 2.49. The molecule has 17 heavy (non-hydrogen) atoms. The molecule has 0 amide bonds. The first-order valence-electron chi connectivity index (χ1n) is 6.10. The molecule has 0 fully saturated rings. The summed E-state index contributed by atoms with van der Waals surface area (Å²) in [6.07, 6.45) is 0.590. The van der Waals surface area contributed by atoms with Crippen LogP contribution in [0.1, 0.15) is 44.8 Å². The minimum absolute atomic E-state index is 0.132. The second kappa shape index (κ2) is 5.94. The van der Waals surface area contributed by atoms with E-state index >= 15 is 0 Å². The van der Waals surface area contributed by atoms with Crippen molar-refractivity contribution in [3.63, 3.8) is 0 Å². The molecular formula is C13H24N2OS. The van der Waals surface area contributed by atoms with E-state index in [4.69, 9.17) is 0 Å². The molecule has 1 N–H and O–H groups in total. The van der Waals surface area contributed by atoms with E-state index < -0.39 is 0 Å². The first-order valence-corrected chi connectivity index (χ1v) is 6.98. The van der Waals surface area contributed by atoms with Gasteiger partial charge in [0.25, 0.3) is 0 Å². The number of aliphatic hydroxyl groups excluding tert-OH is 1. The Kier molecular flexibility index (Phi) is 5.10. The van der Waals surface area contributed by atoms with Crippen LogP contribution in [0.15, 0.2) is 5.38 Å². The van der Waals surface area contributed by atoms with Crippen LogP contribution in [0.25, 0.3) is 0 Å². The third-order valence-electron chi connectivity index (χ3n) is 2.65. The van der Waals surface area contributed by atoms with Crippen LogP contribution in [0.2, 0.25) is 0 Å². The topological polar surface area (TPSA) is 36.4 Å². The fourth-order valence-corrected chi connectivity index (χ4v) is 2.55. The summed E-state index contributed by atoms with van der Waals surface area (Å²) in [5, 5.41) is 12.5. The average molecular weight is 256 g/mol. The Morgan fingerprint density at radius 3 is 2.59 bits per heavy atom. The molecule has 1 aromatic heterocycles. The maximum absolute atomic E-state index is 9.24. The maximum atomic E-state index is 9.24. The largest absolute Gasteiger partial charge is 0.393 e. The molecule has 98 valence electrons. The molecule has 0 aliphatic carbocycles. The number of thiazole rings is 1. The van der Waals surface area contributed by atoms with Crippen molar-refractivity contribution in [3.05, 3.63) is 16.1 Å². The van der Waals surface area contributed by atoms with E-state index in [0.717, 1.165) is 24.5 Å². The van der Waals surface area contributed by atoms with Crippen molar-refractivity contribution < 1.29 is 5.11 Å². The molecule has 0 spiro atoms. The highest BCUT2D eigenvalue weighted by molar-refractivity contribution is 7.09. The van der Waals surface area contributed by atoms with Gasteiger partial charge >= 0.3 is 0 Å². The summed E-state index contributed by atoms with van der Waals surface area (Å²) in [6, 6.07) is 0. The zero-order valence-corrected chi connectivity index (χ0v) is 12.3. The quantitative estimate of drug-likeness (QED) is 0.880. The summed E-state index contributed by atoms with van der Waals surface area (Å²) < 4.78 is 0. The van der Waals surface area contributed by atoms with Gasteiger partial charge in [0.05, 0.1) is 18.3 Å². The molecule has 1 aromatic rings. The van der Waals surface area contributed by atoms with Crippen LogP contribution in [0.4, 0.5) is 0 Å². The van der Waals surface area contributed by atoms with Crippen molar-refractivity contribution in [2.45, 2.75) is 52.2 Å². The van der Waals surface area contributed by atoms with Crippen molar-refractivity contribution in [2.24, 2.45) is 0 Å². The van der Waals surface area contributed by atoms with E-state index in [-0.39, 0.29) is 11.5 Å². The van der Waals surface area contributed by atoms with E-state index in [0.29, 0.717) is 0 Å². The van der Waals surface area contributed by atoms with E-state index in [1.54, 1.807) is 11.3 Å². The van der Waals surface area contributed by atoms with Gasteiger partial charge in [0.2, 0.25) is 0 Å². The molecule has 4 heteroatoms. The van der Waals surface area contributed by atoms with Crippen molar-refractivity contribution in [2.75, 3.05) is 13.6 Å². The van der Waals surface area contributed by atoms with Gasteiger partial charge in [0.15, 0.2) is 0 Å². The molecule has 0 aromatic carbocycles. The third-order valence-corrected chi connectivity index (χ3v) is 3.49. The Hall–Kier alpha value is -0.450. The lowest BCUT2D eigenvalue weighted by molar-refractivity contribution is 0.163. The van der Waals surface area contributed by atoms with Crippen LogP contribution >= 0.6 is 11.3 Å². The zero-order valence-electron chi connectivity index (χ0n) is 11.5. The normalized spacial score (nSPS) is 14.3. The smallest absolute Gasteiger partial charge is 0.107 e. The minimum atomic E-state index is -0.223. The minimum Gasteiger partial charge on any atom is -0.393 e. The zero-order chi connectivity index (χ0) is 13.1. The molecule has 0 radical (unpaired) electrons. The molecule has 0 saturated carbocycles. The Morgan fingerprint density at radius 2 is 2.12 bits per heavy atom. The van der Waals surface area contributed by atoms with Crippen molar-refractivity contribution >= 4 is 11.3 Å². The van der Waals surface area contributed by atoms with Crippen molar-refractivity contribution in [3.8, 4) is 0 Å². The predicted molar refractivity (Wildman–Crippen MR) is 73.4 cm³/mol. The summed E-state index contributed by atoms with van der Waals surface area (Å²) in [5.74, 6) is 0. The van der Waals surface area contributed by atoms with E-state index in [9.17, 15) is 5.11 Å². The summed E-state index contributed by atoms with van der Waals surface area (Å²) in [6.45, 7) is 10.2. The van der Waals surface area contributed by atoms with Crippen LogP contribution in [0.3, 0.4) is 0 Å². The summed E-state index contributed by atoms with van der Waals surface area (Å²) in [7, 11) is 2.07. The Labute approximate surface area is 108 Å². The summed E-state index contributed by atoms with van der Waals surface area (Å²) >= 11 is 1.72. The maximum Gasteiger partial charge on any atom is 0.107 e. The molecule has 3 nitrogen and oxygen atoms in total. The molecule has 0 saturated heterocycles. The summed E-state index contributed by atoms with van der Waals surface area (Å²) in [5.41, 5.74) is 1.30. The standard InChI is InChI=1S/C13H24N2OS/c1-10(16)6-7-15(5)8-12-14-11(9-17-12)13(2,3)4/h9-10,16H,6-8H2,1-5H3. The number of aliphatic hydroxyl groups is 1. The van der Waals surface area contributed by atoms with E-state index in [1.165, 1.54) is 5.69 Å². The molecule has 0 aliphatic heterocycles. The number of rotatable bonds is 5. The van der Waals surface area contributed by atoms with Gasteiger partial charge in [-0.1, -0.05) is 20.8 Å². The second-order valence-electron chi connectivity index (χ2n) is 5.75. The highest BCUT2D eigenvalue weighted by atomic mass is 32.1. The fraction of sp³-hybridized carbons (Fsp3) is 0.769. The van der Waals surface area contributed by atoms with Crippen LogP contribution in [-0.4, -0.2) is 34.7 Å². The molecule has 0 bridgehead atoms. The second-order valence-corrected chi connectivity index (χ2v) is 6.69. The SMILES string of the molecule is CC(O)CCN(C)Cc1nc(C(C)(C)C)cs1. The molecular weight excluding hydrogens is 232 g/mol. The molecule has 1 unspecified atom stereocenters. The van der Waals surface area contributed by atoms with Gasteiger partial charge in [-0.25, -0.2) is 4.98 Å². The lowest BCUT2D eigenvalue weighted by Gasteiger charge is -2.16. The van der Waals surface area contributed by atoms with Crippen LogP contribution in [0.5, 0.6) is 0 Å². The lowest BCUT2D eigenvalue weighted by Crippen LogP contribution is -2.22. The lowest BCUT2D eigenvalue weighted by atomic mass is 9.93. The van der Waals surface area contributed by atoms with E-state index in [2.05, 4.69) is 43.1 Å².